The molecule has 0 saturated heterocycles. The minimum absolute atomic E-state index is 0.337. The first-order valence-electron chi connectivity index (χ1n) is 8.10. The van der Waals surface area contributed by atoms with E-state index < -0.39 is 12.1 Å². The van der Waals surface area contributed by atoms with E-state index in [1.807, 2.05) is 6.92 Å². The summed E-state index contributed by atoms with van der Waals surface area (Å²) in [5.74, 6) is -0.302. The summed E-state index contributed by atoms with van der Waals surface area (Å²) >= 11 is 11.9. The number of halogens is 2. The molecule has 0 aliphatic carbocycles. The number of anilines is 1. The molecule has 0 aliphatic heterocycles. The summed E-state index contributed by atoms with van der Waals surface area (Å²) in [5.41, 5.74) is 0.839. The Kier molecular flexibility index (Phi) is 7.30. The standard InChI is InChI=1S/C19H19Cl2NO4/c1-3-10-25-19(24)12(2)26-15-7-4-13(5-8-15)18(23)22-17-11-14(20)6-9-16(17)21/h4-9,11-12H,3,10H2,1-2H3,(H,22,23)/t12-/m0/s1. The van der Waals surface area contributed by atoms with Gasteiger partial charge >= 0.3 is 5.97 Å². The third-order valence-electron chi connectivity index (χ3n) is 3.39. The Morgan fingerprint density at radius 2 is 1.81 bits per heavy atom. The normalized spacial score (nSPS) is 11.5. The van der Waals surface area contributed by atoms with E-state index in [2.05, 4.69) is 5.32 Å². The molecule has 0 radical (unpaired) electrons. The lowest BCUT2D eigenvalue weighted by atomic mass is 10.2. The van der Waals surface area contributed by atoms with E-state index in [4.69, 9.17) is 32.7 Å². The summed E-state index contributed by atoms with van der Waals surface area (Å²) in [6.45, 7) is 3.89. The molecule has 2 aromatic rings. The van der Waals surface area contributed by atoms with Crippen LogP contribution in [0, 0.1) is 0 Å². The monoisotopic (exact) mass is 395 g/mol. The summed E-state index contributed by atoms with van der Waals surface area (Å²) < 4.78 is 10.5. The number of ether oxygens (including phenoxy) is 2. The number of esters is 1. The average molecular weight is 396 g/mol. The first-order valence-corrected chi connectivity index (χ1v) is 8.86. The Morgan fingerprint density at radius 3 is 2.46 bits per heavy atom. The first-order chi connectivity index (χ1) is 12.4. The fraction of sp³-hybridized carbons (Fsp3) is 0.263. The molecule has 0 aliphatic rings. The van der Waals surface area contributed by atoms with Gasteiger partial charge < -0.3 is 14.8 Å². The van der Waals surface area contributed by atoms with Gasteiger partial charge in [0.25, 0.3) is 5.91 Å². The van der Waals surface area contributed by atoms with Crippen LogP contribution in [0.5, 0.6) is 5.75 Å². The SMILES string of the molecule is CCCOC(=O)[C@H](C)Oc1ccc(C(=O)Nc2cc(Cl)ccc2Cl)cc1. The van der Waals surface area contributed by atoms with Crippen molar-refractivity contribution in [2.75, 3.05) is 11.9 Å². The smallest absolute Gasteiger partial charge is 0.347 e. The van der Waals surface area contributed by atoms with Gasteiger partial charge in [0.15, 0.2) is 6.10 Å². The van der Waals surface area contributed by atoms with Gasteiger partial charge in [-0.3, -0.25) is 4.79 Å². The topological polar surface area (TPSA) is 64.6 Å². The van der Waals surface area contributed by atoms with Crippen LogP contribution in [0.4, 0.5) is 5.69 Å². The molecule has 5 nitrogen and oxygen atoms in total. The molecule has 2 rings (SSSR count). The molecule has 0 saturated carbocycles. The second kappa shape index (κ2) is 9.46. The van der Waals surface area contributed by atoms with Gasteiger partial charge in [-0.05, 0) is 55.8 Å². The Balaban J connectivity index is 1.99. The van der Waals surface area contributed by atoms with Crippen molar-refractivity contribution >= 4 is 40.8 Å². The Hall–Kier alpha value is -2.24. The second-order valence-electron chi connectivity index (χ2n) is 5.53. The maximum Gasteiger partial charge on any atom is 0.347 e. The van der Waals surface area contributed by atoms with Crippen LogP contribution in [-0.4, -0.2) is 24.6 Å². The lowest BCUT2D eigenvalue weighted by molar-refractivity contribution is -0.151. The highest BCUT2D eigenvalue weighted by molar-refractivity contribution is 6.35. The fourth-order valence-corrected chi connectivity index (χ4v) is 2.38. The molecular formula is C19H19Cl2NO4. The highest BCUT2D eigenvalue weighted by Gasteiger charge is 2.16. The van der Waals surface area contributed by atoms with Gasteiger partial charge in [-0.2, -0.15) is 0 Å². The molecule has 0 heterocycles. The van der Waals surface area contributed by atoms with E-state index >= 15 is 0 Å². The molecule has 0 aromatic heterocycles. The van der Waals surface area contributed by atoms with Crippen molar-refractivity contribution in [1.82, 2.24) is 0 Å². The Bertz CT molecular complexity index is 778. The Morgan fingerprint density at radius 1 is 1.12 bits per heavy atom. The minimum Gasteiger partial charge on any atom is -0.479 e. The summed E-state index contributed by atoms with van der Waals surface area (Å²) in [4.78, 5) is 24.0. The molecule has 1 atom stereocenters. The van der Waals surface area contributed by atoms with Gasteiger partial charge in [-0.25, -0.2) is 4.79 Å². The molecular weight excluding hydrogens is 377 g/mol. The molecule has 0 fully saturated rings. The van der Waals surface area contributed by atoms with Gasteiger partial charge in [-0.15, -0.1) is 0 Å². The summed E-state index contributed by atoms with van der Waals surface area (Å²) in [6.07, 6.45) is 0.0188. The van der Waals surface area contributed by atoms with Crippen molar-refractivity contribution in [3.63, 3.8) is 0 Å². The molecule has 0 bridgehead atoms. The van der Waals surface area contributed by atoms with Crippen LogP contribution in [0.25, 0.3) is 0 Å². The zero-order valence-electron chi connectivity index (χ0n) is 14.4. The van der Waals surface area contributed by atoms with Crippen LogP contribution in [0.2, 0.25) is 10.0 Å². The zero-order chi connectivity index (χ0) is 19.1. The van der Waals surface area contributed by atoms with Crippen molar-refractivity contribution < 1.29 is 19.1 Å². The predicted octanol–water partition coefficient (Wildman–Crippen LogP) is 4.97. The number of benzene rings is 2. The predicted molar refractivity (Wildman–Crippen MR) is 102 cm³/mol. The molecule has 0 unspecified atom stereocenters. The largest absolute Gasteiger partial charge is 0.479 e. The summed E-state index contributed by atoms with van der Waals surface area (Å²) in [7, 11) is 0. The lowest BCUT2D eigenvalue weighted by Crippen LogP contribution is -2.26. The number of carbonyl (C=O) groups excluding carboxylic acids is 2. The maximum atomic E-state index is 12.3. The van der Waals surface area contributed by atoms with Gasteiger partial charge in [0.1, 0.15) is 5.75 Å². The van der Waals surface area contributed by atoms with Crippen LogP contribution >= 0.6 is 23.2 Å². The Labute approximate surface area is 162 Å². The van der Waals surface area contributed by atoms with Crippen molar-refractivity contribution in [3.05, 3.63) is 58.1 Å². The lowest BCUT2D eigenvalue weighted by Gasteiger charge is -2.14. The molecule has 26 heavy (non-hydrogen) atoms. The van der Waals surface area contributed by atoms with E-state index in [0.717, 1.165) is 6.42 Å². The fourth-order valence-electron chi connectivity index (χ4n) is 2.04. The maximum absolute atomic E-state index is 12.3. The third kappa shape index (κ3) is 5.64. The van der Waals surface area contributed by atoms with E-state index in [9.17, 15) is 9.59 Å². The third-order valence-corrected chi connectivity index (χ3v) is 3.95. The van der Waals surface area contributed by atoms with Crippen LogP contribution in [0.3, 0.4) is 0 Å². The van der Waals surface area contributed by atoms with E-state index in [-0.39, 0.29) is 5.91 Å². The quantitative estimate of drug-likeness (QED) is 0.672. The van der Waals surface area contributed by atoms with E-state index in [0.29, 0.717) is 33.7 Å². The molecule has 1 amide bonds. The summed E-state index contributed by atoms with van der Waals surface area (Å²) in [5, 5.41) is 3.56. The molecule has 138 valence electrons. The number of hydrogen-bond donors (Lipinski definition) is 1. The number of amides is 1. The average Bonchev–Trinajstić information content (AvgIpc) is 2.63. The molecule has 2 aromatic carbocycles. The highest BCUT2D eigenvalue weighted by Crippen LogP contribution is 2.26. The number of nitrogens with one attached hydrogen (secondary N) is 1. The van der Waals surface area contributed by atoms with Crippen LogP contribution in [0.15, 0.2) is 42.5 Å². The minimum atomic E-state index is -0.730. The van der Waals surface area contributed by atoms with Gasteiger partial charge in [0.05, 0.1) is 17.3 Å². The second-order valence-corrected chi connectivity index (χ2v) is 6.37. The van der Waals surface area contributed by atoms with Crippen LogP contribution < -0.4 is 10.1 Å². The number of rotatable bonds is 7. The molecule has 0 spiro atoms. The summed E-state index contributed by atoms with van der Waals surface area (Å²) in [6, 6.07) is 11.2. The van der Waals surface area contributed by atoms with Crippen molar-refractivity contribution in [2.24, 2.45) is 0 Å². The van der Waals surface area contributed by atoms with Crippen molar-refractivity contribution in [1.29, 1.82) is 0 Å². The van der Waals surface area contributed by atoms with Crippen molar-refractivity contribution in [2.45, 2.75) is 26.4 Å². The van der Waals surface area contributed by atoms with Crippen LogP contribution in [-0.2, 0) is 9.53 Å². The molecule has 1 N–H and O–H groups in total. The van der Waals surface area contributed by atoms with E-state index in [1.54, 1.807) is 49.4 Å². The van der Waals surface area contributed by atoms with E-state index in [1.165, 1.54) is 0 Å². The molecule has 7 heteroatoms. The van der Waals surface area contributed by atoms with Gasteiger partial charge in [-0.1, -0.05) is 30.1 Å². The number of hydrogen-bond acceptors (Lipinski definition) is 4. The highest BCUT2D eigenvalue weighted by atomic mass is 35.5. The van der Waals surface area contributed by atoms with Crippen LogP contribution in [0.1, 0.15) is 30.6 Å². The van der Waals surface area contributed by atoms with Gasteiger partial charge in [0, 0.05) is 10.6 Å². The number of carbonyl (C=O) groups is 2. The van der Waals surface area contributed by atoms with Crippen molar-refractivity contribution in [3.8, 4) is 5.75 Å². The zero-order valence-corrected chi connectivity index (χ0v) is 15.9. The first kappa shape index (κ1) is 20.1. The van der Waals surface area contributed by atoms with Gasteiger partial charge in [0.2, 0.25) is 0 Å².